The number of halogens is 3. The maximum Gasteiger partial charge on any atom is 0.422 e. The van der Waals surface area contributed by atoms with Gasteiger partial charge in [-0.2, -0.15) is 13.2 Å². The summed E-state index contributed by atoms with van der Waals surface area (Å²) in [5, 5.41) is 5.91. The molecule has 2 N–H and O–H groups in total. The van der Waals surface area contributed by atoms with E-state index in [1.54, 1.807) is 7.11 Å². The number of alkyl halides is 3. The molecular weight excluding hydrogens is 313 g/mol. The normalized spacial score (nSPS) is 21.2. The predicted octanol–water partition coefficient (Wildman–Crippen LogP) is 2.19. The Bertz CT molecular complexity index is 526. The van der Waals surface area contributed by atoms with Gasteiger partial charge in [-0.15, -0.1) is 0 Å². The summed E-state index contributed by atoms with van der Waals surface area (Å²) < 4.78 is 46.0. The van der Waals surface area contributed by atoms with Crippen molar-refractivity contribution in [2.45, 2.75) is 12.6 Å². The summed E-state index contributed by atoms with van der Waals surface area (Å²) >= 11 is 0. The van der Waals surface area contributed by atoms with Crippen LogP contribution in [0.1, 0.15) is 6.42 Å². The average Bonchev–Trinajstić information content (AvgIpc) is 2.96. The van der Waals surface area contributed by atoms with E-state index in [9.17, 15) is 18.0 Å². The van der Waals surface area contributed by atoms with Gasteiger partial charge in [-0.05, 0) is 37.2 Å². The number of nitrogens with one attached hydrogen (secondary N) is 2. The van der Waals surface area contributed by atoms with E-state index in [4.69, 9.17) is 4.74 Å². The van der Waals surface area contributed by atoms with E-state index in [0.717, 1.165) is 6.54 Å². The van der Waals surface area contributed by atoms with Crippen molar-refractivity contribution in [1.29, 1.82) is 0 Å². The molecule has 0 aromatic heterocycles. The maximum absolute atomic E-state index is 12.5. The van der Waals surface area contributed by atoms with Gasteiger partial charge in [-0.25, -0.2) is 0 Å². The quantitative estimate of drug-likeness (QED) is 0.838. The molecule has 1 unspecified atom stereocenters. The SMILES string of the molecule is COCC1(C(=O)Nc2ccc(OCC(F)(F)F)cc2)CCNC1. The number of methoxy groups -OCH3 is 1. The minimum absolute atomic E-state index is 0.0921. The summed E-state index contributed by atoms with van der Waals surface area (Å²) in [6.45, 7) is 0.223. The molecule has 8 heteroatoms. The van der Waals surface area contributed by atoms with Crippen LogP contribution in [0.15, 0.2) is 24.3 Å². The fraction of sp³-hybridized carbons (Fsp3) is 0.533. The van der Waals surface area contributed by atoms with Gasteiger partial charge in [0, 0.05) is 19.3 Å². The highest BCUT2D eigenvalue weighted by atomic mass is 19.4. The Morgan fingerprint density at radius 2 is 2.04 bits per heavy atom. The van der Waals surface area contributed by atoms with Gasteiger partial charge in [0.2, 0.25) is 5.91 Å². The minimum Gasteiger partial charge on any atom is -0.484 e. The van der Waals surface area contributed by atoms with Gasteiger partial charge in [0.25, 0.3) is 0 Å². The first-order chi connectivity index (χ1) is 10.8. The molecule has 23 heavy (non-hydrogen) atoms. The molecule has 1 aromatic carbocycles. The first kappa shape index (κ1) is 17.6. The smallest absolute Gasteiger partial charge is 0.422 e. The third-order valence-electron chi connectivity index (χ3n) is 3.66. The first-order valence-corrected chi connectivity index (χ1v) is 7.15. The van der Waals surface area contributed by atoms with Crippen LogP contribution >= 0.6 is 0 Å². The summed E-state index contributed by atoms with van der Waals surface area (Å²) in [6.07, 6.45) is -3.71. The van der Waals surface area contributed by atoms with Crippen molar-refractivity contribution in [2.24, 2.45) is 5.41 Å². The standard InChI is InChI=1S/C15H19F3N2O3/c1-22-9-14(6-7-19-8-14)13(21)20-11-2-4-12(5-3-11)23-10-15(16,17)18/h2-5,19H,6-10H2,1H3,(H,20,21). The van der Waals surface area contributed by atoms with Crippen LogP contribution < -0.4 is 15.4 Å². The number of rotatable bonds is 6. The van der Waals surface area contributed by atoms with Crippen molar-refractivity contribution in [3.05, 3.63) is 24.3 Å². The molecule has 1 heterocycles. The largest absolute Gasteiger partial charge is 0.484 e. The van der Waals surface area contributed by atoms with Crippen LogP contribution in [0.5, 0.6) is 5.75 Å². The maximum atomic E-state index is 12.5. The van der Waals surface area contributed by atoms with Crippen LogP contribution in [0, 0.1) is 5.41 Å². The molecule has 128 valence electrons. The number of hydrogen-bond acceptors (Lipinski definition) is 4. The molecule has 0 saturated carbocycles. The molecule has 1 atom stereocenters. The Hall–Kier alpha value is -1.80. The Morgan fingerprint density at radius 3 is 2.57 bits per heavy atom. The zero-order chi connectivity index (χ0) is 16.9. The van der Waals surface area contributed by atoms with Gasteiger partial charge in [0.05, 0.1) is 12.0 Å². The van der Waals surface area contributed by atoms with Crippen LogP contribution in [0.25, 0.3) is 0 Å². The molecule has 0 aliphatic carbocycles. The van der Waals surface area contributed by atoms with Crippen molar-refractivity contribution in [3.63, 3.8) is 0 Å². The first-order valence-electron chi connectivity index (χ1n) is 7.15. The number of carbonyl (C=O) groups excluding carboxylic acids is 1. The van der Waals surface area contributed by atoms with Gasteiger partial charge < -0.3 is 20.1 Å². The zero-order valence-electron chi connectivity index (χ0n) is 12.7. The fourth-order valence-corrected chi connectivity index (χ4v) is 2.47. The van der Waals surface area contributed by atoms with Crippen LogP contribution in [0.4, 0.5) is 18.9 Å². The molecule has 1 saturated heterocycles. The third kappa shape index (κ3) is 4.84. The highest BCUT2D eigenvalue weighted by Gasteiger charge is 2.41. The van der Waals surface area contributed by atoms with Crippen molar-refractivity contribution < 1.29 is 27.4 Å². The molecular formula is C15H19F3N2O3. The second kappa shape index (κ2) is 7.18. The monoisotopic (exact) mass is 332 g/mol. The van der Waals surface area contributed by atoms with E-state index < -0.39 is 18.2 Å². The Balaban J connectivity index is 1.96. The second-order valence-corrected chi connectivity index (χ2v) is 5.52. The van der Waals surface area contributed by atoms with Gasteiger partial charge in [-0.3, -0.25) is 4.79 Å². The predicted molar refractivity (Wildman–Crippen MR) is 78.4 cm³/mol. The average molecular weight is 332 g/mol. The van der Waals surface area contributed by atoms with E-state index in [1.165, 1.54) is 24.3 Å². The van der Waals surface area contributed by atoms with Gasteiger partial charge in [0.15, 0.2) is 6.61 Å². The molecule has 1 aliphatic heterocycles. The topological polar surface area (TPSA) is 59.6 Å². The summed E-state index contributed by atoms with van der Waals surface area (Å²) in [5.74, 6) is -0.0808. The highest BCUT2D eigenvalue weighted by molar-refractivity contribution is 5.96. The molecule has 1 fully saturated rings. The van der Waals surface area contributed by atoms with Crippen molar-refractivity contribution in [3.8, 4) is 5.75 Å². The van der Waals surface area contributed by atoms with Crippen LogP contribution in [0.2, 0.25) is 0 Å². The lowest BCUT2D eigenvalue weighted by Crippen LogP contribution is -2.41. The molecule has 1 amide bonds. The second-order valence-electron chi connectivity index (χ2n) is 5.52. The van der Waals surface area contributed by atoms with Crippen LogP contribution in [-0.2, 0) is 9.53 Å². The Morgan fingerprint density at radius 1 is 1.35 bits per heavy atom. The van der Waals surface area contributed by atoms with E-state index in [0.29, 0.717) is 25.3 Å². The molecule has 1 aliphatic rings. The lowest BCUT2D eigenvalue weighted by atomic mass is 9.87. The van der Waals surface area contributed by atoms with Gasteiger partial charge in [-0.1, -0.05) is 0 Å². The summed E-state index contributed by atoms with van der Waals surface area (Å²) in [4.78, 5) is 12.5. The molecule has 2 rings (SSSR count). The molecule has 5 nitrogen and oxygen atoms in total. The van der Waals surface area contributed by atoms with Crippen molar-refractivity contribution in [2.75, 3.05) is 38.7 Å². The summed E-state index contributed by atoms with van der Waals surface area (Å²) in [5.41, 5.74) is -0.128. The zero-order valence-corrected chi connectivity index (χ0v) is 12.7. The third-order valence-corrected chi connectivity index (χ3v) is 3.66. The number of carbonyl (C=O) groups is 1. The summed E-state index contributed by atoms with van der Waals surface area (Å²) in [6, 6.07) is 5.79. The molecule has 0 radical (unpaired) electrons. The van der Waals surface area contributed by atoms with E-state index >= 15 is 0 Å². The highest BCUT2D eigenvalue weighted by Crippen LogP contribution is 2.28. The van der Waals surface area contributed by atoms with Crippen LogP contribution in [-0.4, -0.2) is 45.5 Å². The number of anilines is 1. The van der Waals surface area contributed by atoms with Crippen molar-refractivity contribution in [1.82, 2.24) is 5.32 Å². The number of ether oxygens (including phenoxy) is 2. The fourth-order valence-electron chi connectivity index (χ4n) is 2.47. The van der Waals surface area contributed by atoms with E-state index in [2.05, 4.69) is 15.4 Å². The minimum atomic E-state index is -4.38. The Kier molecular flexibility index (Phi) is 5.48. The van der Waals surface area contributed by atoms with E-state index in [-0.39, 0.29) is 11.7 Å². The Labute approximate surface area is 132 Å². The lowest BCUT2D eigenvalue weighted by molar-refractivity contribution is -0.153. The molecule has 1 aromatic rings. The van der Waals surface area contributed by atoms with E-state index in [1.807, 2.05) is 0 Å². The van der Waals surface area contributed by atoms with Gasteiger partial charge >= 0.3 is 6.18 Å². The summed E-state index contributed by atoms with van der Waals surface area (Å²) in [7, 11) is 1.54. The molecule has 0 bridgehead atoms. The van der Waals surface area contributed by atoms with Gasteiger partial charge in [0.1, 0.15) is 5.75 Å². The van der Waals surface area contributed by atoms with Crippen LogP contribution in [0.3, 0.4) is 0 Å². The number of hydrogen-bond donors (Lipinski definition) is 2. The molecule has 0 spiro atoms. The van der Waals surface area contributed by atoms with Crippen molar-refractivity contribution >= 4 is 11.6 Å². The number of benzene rings is 1. The number of amides is 1. The lowest BCUT2D eigenvalue weighted by Gasteiger charge is -2.26.